The van der Waals surface area contributed by atoms with Crippen molar-refractivity contribution in [1.29, 1.82) is 0 Å². The molecule has 0 aliphatic heterocycles. The van der Waals surface area contributed by atoms with Crippen molar-refractivity contribution in [3.63, 3.8) is 0 Å². The number of carbonyl (C=O) groups is 2. The lowest BCUT2D eigenvalue weighted by molar-refractivity contribution is -0.119. The Hall–Kier alpha value is -3.41. The number of rotatable bonds is 6. The molecule has 0 aliphatic rings. The van der Waals surface area contributed by atoms with Crippen molar-refractivity contribution >= 4 is 17.5 Å². The van der Waals surface area contributed by atoms with E-state index < -0.39 is 17.8 Å². The molecule has 6 heteroatoms. The van der Waals surface area contributed by atoms with E-state index in [1.165, 1.54) is 23.1 Å². The first kappa shape index (κ1) is 19.4. The molecule has 0 saturated heterocycles. The number of anilines is 1. The van der Waals surface area contributed by atoms with Crippen molar-refractivity contribution in [1.82, 2.24) is 9.47 Å². The maximum absolute atomic E-state index is 14.0. The minimum absolute atomic E-state index is 0.0802. The second-order valence-electron chi connectivity index (χ2n) is 6.72. The minimum atomic E-state index is -0.622. The molecule has 2 aromatic carbocycles. The van der Waals surface area contributed by atoms with E-state index in [1.54, 1.807) is 14.1 Å². The van der Waals surface area contributed by atoms with Crippen molar-refractivity contribution < 1.29 is 14.0 Å². The Balaban J connectivity index is 1.84. The molecule has 0 fully saturated rings. The summed E-state index contributed by atoms with van der Waals surface area (Å²) in [6, 6.07) is 17.0. The average molecular weight is 379 g/mol. The first-order valence-electron chi connectivity index (χ1n) is 8.94. The van der Waals surface area contributed by atoms with Gasteiger partial charge in [-0.2, -0.15) is 0 Å². The van der Waals surface area contributed by atoms with E-state index in [1.807, 2.05) is 59.4 Å². The number of hydrogen-bond donors (Lipinski definition) is 1. The van der Waals surface area contributed by atoms with Crippen LogP contribution in [0.5, 0.6) is 0 Å². The molecular weight excluding hydrogens is 357 g/mol. The van der Waals surface area contributed by atoms with Gasteiger partial charge in [-0.1, -0.05) is 30.3 Å². The van der Waals surface area contributed by atoms with E-state index in [0.29, 0.717) is 12.1 Å². The van der Waals surface area contributed by atoms with Gasteiger partial charge in [0.2, 0.25) is 5.91 Å². The third kappa shape index (κ3) is 4.46. The third-order valence-electron chi connectivity index (χ3n) is 4.43. The van der Waals surface area contributed by atoms with Crippen molar-refractivity contribution in [3.8, 4) is 0 Å². The maximum Gasteiger partial charge on any atom is 0.256 e. The van der Waals surface area contributed by atoms with Crippen LogP contribution in [0, 0.1) is 5.82 Å². The molecule has 1 heterocycles. The number of amides is 2. The summed E-state index contributed by atoms with van der Waals surface area (Å²) in [5, 5.41) is 2.81. The molecule has 0 bridgehead atoms. The number of hydrogen-bond acceptors (Lipinski definition) is 2. The Labute approximate surface area is 163 Å². The van der Waals surface area contributed by atoms with Crippen LogP contribution in [0.1, 0.15) is 22.0 Å². The second-order valence-corrected chi connectivity index (χ2v) is 6.72. The maximum atomic E-state index is 14.0. The van der Waals surface area contributed by atoms with Gasteiger partial charge in [-0.25, -0.2) is 4.39 Å². The third-order valence-corrected chi connectivity index (χ3v) is 4.43. The van der Waals surface area contributed by atoms with Gasteiger partial charge in [-0.15, -0.1) is 0 Å². The molecular formula is C22H22FN3O2. The molecule has 0 aliphatic carbocycles. The average Bonchev–Trinajstić information content (AvgIpc) is 3.22. The lowest BCUT2D eigenvalue weighted by atomic mass is 10.0. The van der Waals surface area contributed by atoms with Crippen LogP contribution in [0.25, 0.3) is 0 Å². The van der Waals surface area contributed by atoms with Crippen LogP contribution in [0.3, 0.4) is 0 Å². The fourth-order valence-corrected chi connectivity index (χ4v) is 2.96. The Morgan fingerprint density at radius 3 is 2.36 bits per heavy atom. The molecule has 2 amide bonds. The number of nitrogens with one attached hydrogen (secondary N) is 1. The first-order valence-corrected chi connectivity index (χ1v) is 8.94. The highest BCUT2D eigenvalue weighted by Crippen LogP contribution is 2.20. The van der Waals surface area contributed by atoms with E-state index in [4.69, 9.17) is 0 Å². The highest BCUT2D eigenvalue weighted by Gasteiger charge is 2.21. The van der Waals surface area contributed by atoms with Gasteiger partial charge in [0.25, 0.3) is 5.91 Å². The molecule has 28 heavy (non-hydrogen) atoms. The summed E-state index contributed by atoms with van der Waals surface area (Å²) < 4.78 is 15.9. The molecule has 3 rings (SSSR count). The summed E-state index contributed by atoms with van der Waals surface area (Å²) in [5.74, 6) is -1.32. The van der Waals surface area contributed by atoms with Crippen LogP contribution in [0.15, 0.2) is 73.1 Å². The largest absolute Gasteiger partial charge is 0.345 e. The first-order chi connectivity index (χ1) is 13.5. The predicted octanol–water partition coefficient (Wildman–Crippen LogP) is 3.75. The fraction of sp³-hybridized carbons (Fsp3) is 0.182. The second kappa shape index (κ2) is 8.52. The minimum Gasteiger partial charge on any atom is -0.345 e. The highest BCUT2D eigenvalue weighted by molar-refractivity contribution is 5.98. The van der Waals surface area contributed by atoms with Gasteiger partial charge in [0.15, 0.2) is 0 Å². The number of carbonyl (C=O) groups excluding carboxylic acids is 2. The smallest absolute Gasteiger partial charge is 0.256 e. The summed E-state index contributed by atoms with van der Waals surface area (Å²) in [5.41, 5.74) is 1.32. The quantitative estimate of drug-likeness (QED) is 0.709. The topological polar surface area (TPSA) is 54.3 Å². The van der Waals surface area contributed by atoms with Crippen molar-refractivity contribution in [2.75, 3.05) is 19.4 Å². The van der Waals surface area contributed by atoms with Crippen LogP contribution in [-0.4, -0.2) is 35.4 Å². The van der Waals surface area contributed by atoms with Crippen LogP contribution in [-0.2, 0) is 11.2 Å². The molecule has 1 atom stereocenters. The van der Waals surface area contributed by atoms with Gasteiger partial charge in [-0.3, -0.25) is 9.59 Å². The normalized spacial score (nSPS) is 11.7. The van der Waals surface area contributed by atoms with E-state index in [-0.39, 0.29) is 11.5 Å². The number of halogens is 1. The van der Waals surface area contributed by atoms with Crippen molar-refractivity contribution in [3.05, 3.63) is 90.0 Å². The molecule has 0 radical (unpaired) electrons. The van der Waals surface area contributed by atoms with E-state index in [0.717, 1.165) is 5.56 Å². The van der Waals surface area contributed by atoms with E-state index >= 15 is 0 Å². The number of nitrogens with zero attached hydrogens (tertiary/aromatic N) is 2. The SMILES string of the molecule is CN(C)C(=O)c1cc(NC(=O)C(Cc2ccccc2)n2cccc2)ccc1F. The van der Waals surface area contributed by atoms with E-state index in [9.17, 15) is 14.0 Å². The Bertz CT molecular complexity index is 953. The molecule has 144 valence electrons. The van der Waals surface area contributed by atoms with Crippen LogP contribution >= 0.6 is 0 Å². The summed E-state index contributed by atoms with van der Waals surface area (Å²) in [4.78, 5) is 26.4. The highest BCUT2D eigenvalue weighted by atomic mass is 19.1. The number of aromatic nitrogens is 1. The molecule has 1 aromatic heterocycles. The van der Waals surface area contributed by atoms with Crippen LogP contribution in [0.2, 0.25) is 0 Å². The van der Waals surface area contributed by atoms with Gasteiger partial charge >= 0.3 is 0 Å². The molecule has 1 unspecified atom stereocenters. The Kier molecular flexibility index (Phi) is 5.89. The lowest BCUT2D eigenvalue weighted by Crippen LogP contribution is -2.27. The molecule has 5 nitrogen and oxygen atoms in total. The van der Waals surface area contributed by atoms with Crippen LogP contribution in [0.4, 0.5) is 10.1 Å². The monoisotopic (exact) mass is 379 g/mol. The van der Waals surface area contributed by atoms with Crippen molar-refractivity contribution in [2.24, 2.45) is 0 Å². The summed E-state index contributed by atoms with van der Waals surface area (Å²) >= 11 is 0. The summed E-state index contributed by atoms with van der Waals surface area (Å²) in [6.45, 7) is 0. The Morgan fingerprint density at radius 1 is 1.04 bits per heavy atom. The number of benzene rings is 2. The molecule has 0 spiro atoms. The predicted molar refractivity (Wildman–Crippen MR) is 107 cm³/mol. The fourth-order valence-electron chi connectivity index (χ4n) is 2.96. The zero-order chi connectivity index (χ0) is 20.1. The zero-order valence-corrected chi connectivity index (χ0v) is 15.8. The lowest BCUT2D eigenvalue weighted by Gasteiger charge is -2.19. The van der Waals surface area contributed by atoms with Gasteiger partial charge < -0.3 is 14.8 Å². The van der Waals surface area contributed by atoms with Crippen LogP contribution < -0.4 is 5.32 Å². The van der Waals surface area contributed by atoms with Gasteiger partial charge in [0, 0.05) is 38.6 Å². The van der Waals surface area contributed by atoms with Crippen molar-refractivity contribution in [2.45, 2.75) is 12.5 Å². The Morgan fingerprint density at radius 2 is 1.71 bits per heavy atom. The van der Waals surface area contributed by atoms with Gasteiger partial charge in [0.1, 0.15) is 11.9 Å². The van der Waals surface area contributed by atoms with Gasteiger partial charge in [0.05, 0.1) is 5.56 Å². The molecule has 3 aromatic rings. The van der Waals surface area contributed by atoms with Gasteiger partial charge in [-0.05, 0) is 35.9 Å². The summed E-state index contributed by atoms with van der Waals surface area (Å²) in [6.07, 6.45) is 4.17. The molecule has 0 saturated carbocycles. The zero-order valence-electron chi connectivity index (χ0n) is 15.8. The van der Waals surface area contributed by atoms with E-state index in [2.05, 4.69) is 5.32 Å². The standard InChI is InChI=1S/C22H22FN3O2/c1-25(2)22(28)18-15-17(10-11-19(18)23)24-21(27)20(26-12-6-7-13-26)14-16-8-4-3-5-9-16/h3-13,15,20H,14H2,1-2H3,(H,24,27). The molecule has 1 N–H and O–H groups in total. The summed E-state index contributed by atoms with van der Waals surface area (Å²) in [7, 11) is 3.10.